The third kappa shape index (κ3) is 2.58. The fourth-order valence-electron chi connectivity index (χ4n) is 0.977. The maximum absolute atomic E-state index is 13.1. The van der Waals surface area contributed by atoms with Crippen molar-refractivity contribution >= 4 is 5.91 Å². The Morgan fingerprint density at radius 3 is 2.71 bits per heavy atom. The summed E-state index contributed by atoms with van der Waals surface area (Å²) < 4.78 is 18.2. The zero-order chi connectivity index (χ0) is 10.8. The van der Waals surface area contributed by atoms with Crippen molar-refractivity contribution < 1.29 is 13.6 Å². The van der Waals surface area contributed by atoms with Gasteiger partial charge in [-0.05, 0) is 32.9 Å². The fraction of sp³-hybridized carbons (Fsp3) is 0.500. The molecule has 0 saturated carbocycles. The van der Waals surface area contributed by atoms with E-state index < -0.39 is 11.6 Å². The van der Waals surface area contributed by atoms with Crippen LogP contribution in [0.15, 0.2) is 22.8 Å². The van der Waals surface area contributed by atoms with Crippen molar-refractivity contribution in [2.45, 2.75) is 32.5 Å². The summed E-state index contributed by atoms with van der Waals surface area (Å²) in [7, 11) is 0. The molecule has 1 N–H and O–H groups in total. The van der Waals surface area contributed by atoms with Crippen molar-refractivity contribution in [2.75, 3.05) is 0 Å². The Morgan fingerprint density at radius 1 is 1.64 bits per heavy atom. The van der Waals surface area contributed by atoms with Crippen molar-refractivity contribution in [3.05, 3.63) is 24.2 Å². The van der Waals surface area contributed by atoms with Crippen molar-refractivity contribution in [3.63, 3.8) is 0 Å². The van der Waals surface area contributed by atoms with Gasteiger partial charge in [-0.25, -0.2) is 4.39 Å². The fourth-order valence-corrected chi connectivity index (χ4v) is 0.977. The van der Waals surface area contributed by atoms with E-state index in [4.69, 9.17) is 4.42 Å². The zero-order valence-electron chi connectivity index (χ0n) is 8.50. The maximum Gasteiger partial charge on any atom is 0.257 e. The van der Waals surface area contributed by atoms with Crippen LogP contribution in [0.2, 0.25) is 0 Å². The number of hydrogen-bond donors (Lipinski definition) is 1. The topological polar surface area (TPSA) is 42.2 Å². The molecule has 1 rings (SSSR count). The summed E-state index contributed by atoms with van der Waals surface area (Å²) in [5, 5.41) is 2.51. The van der Waals surface area contributed by atoms with Crippen LogP contribution in [-0.2, 0) is 4.79 Å². The predicted molar refractivity (Wildman–Crippen MR) is 50.5 cm³/mol. The molecule has 1 unspecified atom stereocenters. The number of furan rings is 1. The molecular formula is C10H14FNO2. The molecule has 1 aromatic rings. The molecule has 1 heterocycles. The van der Waals surface area contributed by atoms with Crippen molar-refractivity contribution in [1.82, 2.24) is 5.32 Å². The van der Waals surface area contributed by atoms with Gasteiger partial charge in [0.05, 0.1) is 12.3 Å². The van der Waals surface area contributed by atoms with Gasteiger partial charge in [0.1, 0.15) is 5.76 Å². The molecule has 0 aromatic carbocycles. The van der Waals surface area contributed by atoms with Crippen LogP contribution in [0.3, 0.4) is 0 Å². The lowest BCUT2D eigenvalue weighted by atomic mass is 10.1. The number of rotatable bonds is 3. The summed E-state index contributed by atoms with van der Waals surface area (Å²) in [5.41, 5.74) is -1.86. The Labute approximate surface area is 82.3 Å². The Hall–Kier alpha value is -1.32. The number of hydrogen-bond acceptors (Lipinski definition) is 2. The number of carbonyl (C=O) groups excluding carboxylic acids is 1. The summed E-state index contributed by atoms with van der Waals surface area (Å²) >= 11 is 0. The van der Waals surface area contributed by atoms with Gasteiger partial charge in [0.25, 0.3) is 5.91 Å². The minimum Gasteiger partial charge on any atom is -0.467 e. The van der Waals surface area contributed by atoms with Crippen molar-refractivity contribution in [3.8, 4) is 0 Å². The van der Waals surface area contributed by atoms with Gasteiger partial charge in [0.15, 0.2) is 5.67 Å². The van der Waals surface area contributed by atoms with Gasteiger partial charge < -0.3 is 9.73 Å². The molecular weight excluding hydrogens is 185 g/mol. The first-order valence-electron chi connectivity index (χ1n) is 4.44. The minimum atomic E-state index is -1.86. The Kier molecular flexibility index (Phi) is 2.93. The highest BCUT2D eigenvalue weighted by molar-refractivity contribution is 5.84. The van der Waals surface area contributed by atoms with Gasteiger partial charge in [-0.3, -0.25) is 4.79 Å². The highest BCUT2D eigenvalue weighted by Gasteiger charge is 2.28. The van der Waals surface area contributed by atoms with Crippen molar-refractivity contribution in [2.24, 2.45) is 0 Å². The first kappa shape index (κ1) is 10.8. The molecule has 0 fully saturated rings. The van der Waals surface area contributed by atoms with E-state index in [-0.39, 0.29) is 6.04 Å². The van der Waals surface area contributed by atoms with Crippen LogP contribution in [0.5, 0.6) is 0 Å². The lowest BCUT2D eigenvalue weighted by molar-refractivity contribution is -0.131. The summed E-state index contributed by atoms with van der Waals surface area (Å²) in [6, 6.07) is 3.14. The Bertz CT molecular complexity index is 300. The molecule has 3 nitrogen and oxygen atoms in total. The van der Waals surface area contributed by atoms with Crippen LogP contribution in [0.25, 0.3) is 0 Å². The second-order valence-corrected chi connectivity index (χ2v) is 3.68. The second-order valence-electron chi connectivity index (χ2n) is 3.68. The molecule has 0 radical (unpaired) electrons. The Morgan fingerprint density at radius 2 is 2.29 bits per heavy atom. The summed E-state index contributed by atoms with van der Waals surface area (Å²) in [4.78, 5) is 11.2. The van der Waals surface area contributed by atoms with Crippen LogP contribution in [-0.4, -0.2) is 11.6 Å². The predicted octanol–water partition coefficient (Wildman–Crippen LogP) is 2.20. The SMILES string of the molecule is CC(NC(=O)C(C)(C)F)c1ccco1. The molecule has 0 spiro atoms. The van der Waals surface area contributed by atoms with Crippen LogP contribution < -0.4 is 5.32 Å². The molecule has 14 heavy (non-hydrogen) atoms. The number of amides is 1. The smallest absolute Gasteiger partial charge is 0.257 e. The van der Waals surface area contributed by atoms with Crippen LogP contribution in [0.1, 0.15) is 32.6 Å². The van der Waals surface area contributed by atoms with Gasteiger partial charge in [-0.2, -0.15) is 0 Å². The second kappa shape index (κ2) is 3.82. The summed E-state index contributed by atoms with van der Waals surface area (Å²) in [5.74, 6) is -0.0241. The normalized spacial score (nSPS) is 13.7. The lowest BCUT2D eigenvalue weighted by Gasteiger charge is -2.17. The number of carbonyl (C=O) groups is 1. The zero-order valence-corrected chi connectivity index (χ0v) is 8.50. The minimum absolute atomic E-state index is 0.312. The molecule has 0 saturated heterocycles. The molecule has 1 atom stereocenters. The highest BCUT2D eigenvalue weighted by atomic mass is 19.1. The monoisotopic (exact) mass is 199 g/mol. The molecule has 0 bridgehead atoms. The van der Waals surface area contributed by atoms with E-state index in [1.165, 1.54) is 20.1 Å². The molecule has 78 valence electrons. The molecule has 4 heteroatoms. The van der Waals surface area contributed by atoms with E-state index >= 15 is 0 Å². The third-order valence-electron chi connectivity index (χ3n) is 1.86. The average molecular weight is 199 g/mol. The van der Waals surface area contributed by atoms with Crippen molar-refractivity contribution in [1.29, 1.82) is 0 Å². The summed E-state index contributed by atoms with van der Waals surface area (Å²) in [6.07, 6.45) is 1.51. The van der Waals surface area contributed by atoms with Crippen LogP contribution in [0.4, 0.5) is 4.39 Å². The van der Waals surface area contributed by atoms with E-state index in [1.807, 2.05) is 0 Å². The molecule has 0 aliphatic heterocycles. The van der Waals surface area contributed by atoms with Crippen LogP contribution in [0, 0.1) is 0 Å². The number of halogens is 1. The first-order chi connectivity index (χ1) is 6.41. The van der Waals surface area contributed by atoms with Gasteiger partial charge in [0.2, 0.25) is 0 Å². The molecule has 0 aliphatic carbocycles. The van der Waals surface area contributed by atoms with Gasteiger partial charge in [-0.1, -0.05) is 0 Å². The summed E-state index contributed by atoms with van der Waals surface area (Å²) in [6.45, 7) is 4.18. The number of alkyl halides is 1. The number of nitrogens with one attached hydrogen (secondary N) is 1. The van der Waals surface area contributed by atoms with E-state index in [1.54, 1.807) is 19.1 Å². The van der Waals surface area contributed by atoms with Gasteiger partial charge in [0, 0.05) is 0 Å². The maximum atomic E-state index is 13.1. The lowest BCUT2D eigenvalue weighted by Crippen LogP contribution is -2.39. The quantitative estimate of drug-likeness (QED) is 0.810. The Balaban J connectivity index is 2.58. The largest absolute Gasteiger partial charge is 0.467 e. The highest BCUT2D eigenvalue weighted by Crippen LogP contribution is 2.15. The van der Waals surface area contributed by atoms with Gasteiger partial charge >= 0.3 is 0 Å². The van der Waals surface area contributed by atoms with Crippen LogP contribution >= 0.6 is 0 Å². The first-order valence-corrected chi connectivity index (χ1v) is 4.44. The molecule has 0 aliphatic rings. The van der Waals surface area contributed by atoms with E-state index in [9.17, 15) is 9.18 Å². The third-order valence-corrected chi connectivity index (χ3v) is 1.86. The van der Waals surface area contributed by atoms with E-state index in [2.05, 4.69) is 5.32 Å². The van der Waals surface area contributed by atoms with E-state index in [0.717, 1.165) is 0 Å². The molecule has 1 aromatic heterocycles. The standard InChI is InChI=1S/C10H14FNO2/c1-7(8-5-4-6-14-8)12-9(13)10(2,3)11/h4-7H,1-3H3,(H,12,13). The van der Waals surface area contributed by atoms with Gasteiger partial charge in [-0.15, -0.1) is 0 Å². The molecule has 1 amide bonds. The average Bonchev–Trinajstić information content (AvgIpc) is 2.53. The van der Waals surface area contributed by atoms with E-state index in [0.29, 0.717) is 5.76 Å².